The van der Waals surface area contributed by atoms with Gasteiger partial charge in [0.25, 0.3) is 0 Å². The van der Waals surface area contributed by atoms with Crippen molar-refractivity contribution < 1.29 is 0 Å². The van der Waals surface area contributed by atoms with Gasteiger partial charge in [0.05, 0.1) is 11.2 Å². The van der Waals surface area contributed by atoms with Crippen molar-refractivity contribution in [2.45, 2.75) is 45.1 Å². The summed E-state index contributed by atoms with van der Waals surface area (Å²) in [5, 5.41) is 1.24. The topological polar surface area (TPSA) is 32.3 Å². The number of rotatable bonds is 1. The van der Waals surface area contributed by atoms with Crippen LogP contribution in [-0.4, -0.2) is 47.1 Å². The smallest absolute Gasteiger partial charge is 0.226 e. The molecule has 3 heterocycles. The van der Waals surface area contributed by atoms with Crippen LogP contribution < -0.4 is 4.90 Å². The molecule has 23 heavy (non-hydrogen) atoms. The Hall–Kier alpha value is -1.68. The number of fused-ring (bicyclic) bond motifs is 3. The fraction of sp³-hybridized carbons (Fsp3) is 0.579. The molecule has 4 nitrogen and oxygen atoms in total. The van der Waals surface area contributed by atoms with E-state index in [1.165, 1.54) is 55.2 Å². The van der Waals surface area contributed by atoms with Crippen molar-refractivity contribution in [3.63, 3.8) is 0 Å². The maximum atomic E-state index is 4.95. The second kappa shape index (κ2) is 5.17. The van der Waals surface area contributed by atoms with Crippen LogP contribution in [0.25, 0.3) is 10.9 Å². The highest BCUT2D eigenvalue weighted by molar-refractivity contribution is 5.84. The van der Waals surface area contributed by atoms with Gasteiger partial charge in [-0.3, -0.25) is 4.90 Å². The van der Waals surface area contributed by atoms with Gasteiger partial charge < -0.3 is 4.90 Å². The minimum Gasteiger partial charge on any atom is -0.338 e. The van der Waals surface area contributed by atoms with Crippen molar-refractivity contribution in [3.05, 3.63) is 29.0 Å². The second-order valence-electron chi connectivity index (χ2n) is 7.38. The number of hydrogen-bond acceptors (Lipinski definition) is 4. The van der Waals surface area contributed by atoms with Gasteiger partial charge in [-0.15, -0.1) is 0 Å². The fourth-order valence-corrected chi connectivity index (χ4v) is 4.65. The molecule has 2 aromatic rings. The quantitative estimate of drug-likeness (QED) is 0.811. The van der Waals surface area contributed by atoms with E-state index in [9.17, 15) is 0 Å². The average Bonchev–Trinajstić information content (AvgIpc) is 3.20. The molecule has 0 radical (unpaired) electrons. The molecule has 1 atom stereocenters. The summed E-state index contributed by atoms with van der Waals surface area (Å²) in [4.78, 5) is 14.9. The van der Waals surface area contributed by atoms with Crippen LogP contribution in [0.2, 0.25) is 0 Å². The van der Waals surface area contributed by atoms with Gasteiger partial charge >= 0.3 is 0 Å². The monoisotopic (exact) mass is 308 g/mol. The zero-order valence-corrected chi connectivity index (χ0v) is 13.9. The lowest BCUT2D eigenvalue weighted by Gasteiger charge is -2.37. The molecule has 1 unspecified atom stereocenters. The van der Waals surface area contributed by atoms with E-state index < -0.39 is 0 Å². The Morgan fingerprint density at radius 2 is 1.87 bits per heavy atom. The SMILES string of the molecule is Cc1nc(N2CCN3CCCC3C2)nc2cc3c(cc12)CCC3. The average molecular weight is 308 g/mol. The van der Waals surface area contributed by atoms with Crippen molar-refractivity contribution in [2.24, 2.45) is 0 Å². The first kappa shape index (κ1) is 13.7. The van der Waals surface area contributed by atoms with Crippen LogP contribution in [-0.2, 0) is 12.8 Å². The van der Waals surface area contributed by atoms with Crippen LogP contribution in [0.1, 0.15) is 36.1 Å². The summed E-state index contributed by atoms with van der Waals surface area (Å²) in [6.45, 7) is 6.74. The Bertz CT molecular complexity index is 770. The standard InChI is InChI=1S/C19H24N4/c1-13-17-10-14-4-2-5-15(14)11-18(17)21-19(20-13)23-9-8-22-7-3-6-16(22)12-23/h10-11,16H,2-9,12H2,1H3. The van der Waals surface area contributed by atoms with Crippen molar-refractivity contribution in [2.75, 3.05) is 31.1 Å². The first-order chi connectivity index (χ1) is 11.3. The predicted molar refractivity (Wildman–Crippen MR) is 93.1 cm³/mol. The van der Waals surface area contributed by atoms with E-state index in [0.29, 0.717) is 6.04 Å². The molecule has 5 rings (SSSR count). The van der Waals surface area contributed by atoms with Crippen molar-refractivity contribution in [1.29, 1.82) is 0 Å². The zero-order chi connectivity index (χ0) is 15.4. The number of nitrogens with zero attached hydrogens (tertiary/aromatic N) is 4. The fourth-order valence-electron chi connectivity index (χ4n) is 4.65. The largest absolute Gasteiger partial charge is 0.338 e. The Labute approximate surface area is 137 Å². The maximum absolute atomic E-state index is 4.95. The molecule has 0 spiro atoms. The first-order valence-electron chi connectivity index (χ1n) is 9.07. The Morgan fingerprint density at radius 1 is 1.00 bits per heavy atom. The van der Waals surface area contributed by atoms with Crippen molar-refractivity contribution in [3.8, 4) is 0 Å². The summed E-state index contributed by atoms with van der Waals surface area (Å²) < 4.78 is 0. The van der Waals surface area contributed by atoms with Gasteiger partial charge in [-0.25, -0.2) is 9.97 Å². The molecule has 0 amide bonds. The molecule has 4 heteroatoms. The zero-order valence-electron chi connectivity index (χ0n) is 13.9. The van der Waals surface area contributed by atoms with Crippen LogP contribution in [0.15, 0.2) is 12.1 Å². The van der Waals surface area contributed by atoms with E-state index in [2.05, 4.69) is 28.9 Å². The van der Waals surface area contributed by atoms with Crippen LogP contribution in [0.4, 0.5) is 5.95 Å². The number of aryl methyl sites for hydroxylation is 3. The van der Waals surface area contributed by atoms with Gasteiger partial charge in [0.15, 0.2) is 0 Å². The van der Waals surface area contributed by atoms with Gasteiger partial charge in [-0.1, -0.05) is 0 Å². The molecule has 0 saturated carbocycles. The summed E-state index contributed by atoms with van der Waals surface area (Å²) in [7, 11) is 0. The van der Waals surface area contributed by atoms with E-state index in [0.717, 1.165) is 36.8 Å². The van der Waals surface area contributed by atoms with Gasteiger partial charge in [0, 0.05) is 31.1 Å². The van der Waals surface area contributed by atoms with Gasteiger partial charge in [-0.05, 0) is 68.8 Å². The normalized spacial score (nSPS) is 24.2. The van der Waals surface area contributed by atoms with Crippen LogP contribution in [0.3, 0.4) is 0 Å². The molecule has 1 aliphatic carbocycles. The van der Waals surface area contributed by atoms with Crippen molar-refractivity contribution in [1.82, 2.24) is 14.9 Å². The van der Waals surface area contributed by atoms with Crippen LogP contribution in [0, 0.1) is 6.92 Å². The lowest BCUT2D eigenvalue weighted by Crippen LogP contribution is -2.50. The summed E-state index contributed by atoms with van der Waals surface area (Å²) >= 11 is 0. The third kappa shape index (κ3) is 2.23. The molecule has 2 aliphatic heterocycles. The van der Waals surface area contributed by atoms with E-state index in [4.69, 9.17) is 9.97 Å². The molecular formula is C19H24N4. The number of benzene rings is 1. The molecule has 1 aromatic carbocycles. The van der Waals surface area contributed by atoms with Gasteiger partial charge in [-0.2, -0.15) is 0 Å². The molecule has 2 fully saturated rings. The second-order valence-corrected chi connectivity index (χ2v) is 7.38. The minimum absolute atomic E-state index is 0.711. The Kier molecular flexibility index (Phi) is 3.08. The molecule has 120 valence electrons. The summed E-state index contributed by atoms with van der Waals surface area (Å²) in [5.74, 6) is 0.944. The Morgan fingerprint density at radius 3 is 2.78 bits per heavy atom. The molecular weight excluding hydrogens is 284 g/mol. The lowest BCUT2D eigenvalue weighted by molar-refractivity contribution is 0.229. The highest BCUT2D eigenvalue weighted by Crippen LogP contribution is 2.30. The highest BCUT2D eigenvalue weighted by atomic mass is 15.3. The number of anilines is 1. The van der Waals surface area contributed by atoms with Gasteiger partial charge in [0.2, 0.25) is 5.95 Å². The summed E-state index contributed by atoms with van der Waals surface area (Å²) in [5.41, 5.74) is 5.29. The third-order valence-electron chi connectivity index (χ3n) is 5.96. The minimum atomic E-state index is 0.711. The number of aromatic nitrogens is 2. The molecule has 0 N–H and O–H groups in total. The van der Waals surface area contributed by atoms with E-state index >= 15 is 0 Å². The number of hydrogen-bond donors (Lipinski definition) is 0. The van der Waals surface area contributed by atoms with Gasteiger partial charge in [0.1, 0.15) is 0 Å². The Balaban J connectivity index is 1.53. The lowest BCUT2D eigenvalue weighted by atomic mass is 10.1. The van der Waals surface area contributed by atoms with E-state index in [-0.39, 0.29) is 0 Å². The van der Waals surface area contributed by atoms with Crippen molar-refractivity contribution >= 4 is 16.9 Å². The van der Waals surface area contributed by atoms with E-state index in [1.807, 2.05) is 0 Å². The van der Waals surface area contributed by atoms with E-state index in [1.54, 1.807) is 0 Å². The number of piperazine rings is 1. The maximum Gasteiger partial charge on any atom is 0.226 e. The molecule has 2 saturated heterocycles. The van der Waals surface area contributed by atoms with Crippen LogP contribution >= 0.6 is 0 Å². The third-order valence-corrected chi connectivity index (χ3v) is 5.96. The highest BCUT2D eigenvalue weighted by Gasteiger charge is 2.31. The predicted octanol–water partition coefficient (Wildman–Crippen LogP) is 2.71. The first-order valence-corrected chi connectivity index (χ1v) is 9.07. The summed E-state index contributed by atoms with van der Waals surface area (Å²) in [6, 6.07) is 5.37. The molecule has 1 aromatic heterocycles. The molecule has 0 bridgehead atoms. The molecule has 3 aliphatic rings. The van der Waals surface area contributed by atoms with Crippen LogP contribution in [0.5, 0.6) is 0 Å². The summed E-state index contributed by atoms with van der Waals surface area (Å²) in [6.07, 6.45) is 6.40.